The van der Waals surface area contributed by atoms with Gasteiger partial charge in [0.15, 0.2) is 18.2 Å². The van der Waals surface area contributed by atoms with Gasteiger partial charge < -0.3 is 24.2 Å². The number of urea groups is 1. The molecule has 2 atom stereocenters. The van der Waals surface area contributed by atoms with E-state index in [9.17, 15) is 14.4 Å². The lowest BCUT2D eigenvalue weighted by atomic mass is 10.1. The average Bonchev–Trinajstić information content (AvgIpc) is 2.93. The van der Waals surface area contributed by atoms with Gasteiger partial charge in [0, 0.05) is 20.1 Å². The standard InChI is InChI=1S/C14H21N5O5/c1-3-24-9(20)8-19-10-11(17(2)14(22)16-12(10)21)15-13(19)18-4-6-23-7-5-18/h10-11H,3-8H2,1-2H3,(H,16,21,22). The average molecular weight is 339 g/mol. The first-order chi connectivity index (χ1) is 11.5. The smallest absolute Gasteiger partial charge is 0.325 e. The van der Waals surface area contributed by atoms with Crippen molar-refractivity contribution in [3.05, 3.63) is 0 Å². The van der Waals surface area contributed by atoms with Crippen LogP contribution >= 0.6 is 0 Å². The van der Waals surface area contributed by atoms with Crippen molar-refractivity contribution in [1.29, 1.82) is 0 Å². The van der Waals surface area contributed by atoms with Crippen molar-refractivity contribution < 1.29 is 23.9 Å². The number of amides is 3. The topological polar surface area (TPSA) is 104 Å². The zero-order chi connectivity index (χ0) is 17.3. The van der Waals surface area contributed by atoms with Gasteiger partial charge in [-0.05, 0) is 6.92 Å². The number of aliphatic imine (C=N–C) groups is 1. The van der Waals surface area contributed by atoms with E-state index in [0.717, 1.165) is 0 Å². The Labute approximate surface area is 139 Å². The third-order valence-electron chi connectivity index (χ3n) is 4.24. The van der Waals surface area contributed by atoms with Crippen LogP contribution < -0.4 is 5.32 Å². The molecule has 3 amide bonds. The quantitative estimate of drug-likeness (QED) is 0.620. The van der Waals surface area contributed by atoms with Gasteiger partial charge in [-0.1, -0.05) is 0 Å². The van der Waals surface area contributed by atoms with Crippen LogP contribution in [-0.2, 0) is 19.1 Å². The number of guanidine groups is 1. The number of rotatable bonds is 3. The van der Waals surface area contributed by atoms with Gasteiger partial charge in [-0.3, -0.25) is 14.9 Å². The molecule has 132 valence electrons. The van der Waals surface area contributed by atoms with E-state index in [2.05, 4.69) is 10.3 Å². The Bertz CT molecular complexity index is 574. The summed E-state index contributed by atoms with van der Waals surface area (Å²) in [6.45, 7) is 4.19. The number of nitrogens with zero attached hydrogens (tertiary/aromatic N) is 4. The van der Waals surface area contributed by atoms with Crippen LogP contribution in [0.3, 0.4) is 0 Å². The number of morpholine rings is 1. The molecule has 3 aliphatic heterocycles. The van der Waals surface area contributed by atoms with Crippen molar-refractivity contribution in [2.75, 3.05) is 46.5 Å². The number of hydrogen-bond acceptors (Lipinski definition) is 8. The SMILES string of the molecule is CCOC(=O)CN1C(N2CCOCC2)=NC2C1C(=O)NC(=O)N2C. The fraction of sp³-hybridized carbons (Fsp3) is 0.714. The van der Waals surface area contributed by atoms with E-state index >= 15 is 0 Å². The molecule has 3 heterocycles. The van der Waals surface area contributed by atoms with Crippen LogP contribution in [-0.4, -0.2) is 97.3 Å². The second-order valence-electron chi connectivity index (χ2n) is 5.73. The van der Waals surface area contributed by atoms with Crippen LogP contribution in [0.5, 0.6) is 0 Å². The predicted molar refractivity (Wildman–Crippen MR) is 82.0 cm³/mol. The van der Waals surface area contributed by atoms with Crippen LogP contribution in [0, 0.1) is 0 Å². The molecular formula is C14H21N5O5. The maximum atomic E-state index is 12.3. The first kappa shape index (κ1) is 16.5. The van der Waals surface area contributed by atoms with Gasteiger partial charge in [-0.15, -0.1) is 0 Å². The fourth-order valence-corrected chi connectivity index (χ4v) is 3.05. The Kier molecular flexibility index (Phi) is 4.56. The molecule has 0 spiro atoms. The lowest BCUT2D eigenvalue weighted by Crippen LogP contribution is -2.65. The molecule has 0 radical (unpaired) electrons. The number of esters is 1. The van der Waals surface area contributed by atoms with Gasteiger partial charge in [0.05, 0.1) is 19.8 Å². The minimum Gasteiger partial charge on any atom is -0.465 e. The summed E-state index contributed by atoms with van der Waals surface area (Å²) in [5.41, 5.74) is 0. The van der Waals surface area contributed by atoms with Gasteiger partial charge in [-0.25, -0.2) is 9.79 Å². The summed E-state index contributed by atoms with van der Waals surface area (Å²) in [4.78, 5) is 45.7. The lowest BCUT2D eigenvalue weighted by molar-refractivity contribution is -0.144. The molecule has 2 fully saturated rings. The summed E-state index contributed by atoms with van der Waals surface area (Å²) in [5.74, 6) is -0.371. The minimum absolute atomic E-state index is 0.0966. The number of fused-ring (bicyclic) bond motifs is 1. The molecule has 1 N–H and O–H groups in total. The molecular weight excluding hydrogens is 318 g/mol. The van der Waals surface area contributed by atoms with Crippen LogP contribution in [0.4, 0.5) is 4.79 Å². The number of nitrogens with one attached hydrogen (secondary N) is 1. The molecule has 0 aromatic rings. The van der Waals surface area contributed by atoms with E-state index < -0.39 is 30.1 Å². The number of ether oxygens (including phenoxy) is 2. The number of imide groups is 1. The normalized spacial score (nSPS) is 26.9. The van der Waals surface area contributed by atoms with E-state index in [4.69, 9.17) is 9.47 Å². The van der Waals surface area contributed by atoms with Crippen molar-refractivity contribution in [2.45, 2.75) is 19.1 Å². The zero-order valence-electron chi connectivity index (χ0n) is 13.7. The third kappa shape index (κ3) is 2.88. The van der Waals surface area contributed by atoms with Gasteiger partial charge >= 0.3 is 12.0 Å². The zero-order valence-corrected chi connectivity index (χ0v) is 13.7. The van der Waals surface area contributed by atoms with E-state index in [1.165, 1.54) is 4.90 Å². The maximum absolute atomic E-state index is 12.3. The first-order valence-corrected chi connectivity index (χ1v) is 7.93. The summed E-state index contributed by atoms with van der Waals surface area (Å²) in [7, 11) is 1.58. The van der Waals surface area contributed by atoms with Gasteiger partial charge in [0.25, 0.3) is 5.91 Å². The van der Waals surface area contributed by atoms with Crippen LogP contribution in [0.15, 0.2) is 4.99 Å². The highest BCUT2D eigenvalue weighted by atomic mass is 16.5. The van der Waals surface area contributed by atoms with Crippen molar-refractivity contribution in [1.82, 2.24) is 20.0 Å². The van der Waals surface area contributed by atoms with E-state index in [-0.39, 0.29) is 13.2 Å². The van der Waals surface area contributed by atoms with E-state index in [0.29, 0.717) is 32.3 Å². The van der Waals surface area contributed by atoms with E-state index in [1.807, 2.05) is 4.90 Å². The second kappa shape index (κ2) is 6.63. The van der Waals surface area contributed by atoms with E-state index in [1.54, 1.807) is 18.9 Å². The summed E-state index contributed by atoms with van der Waals surface area (Å²) >= 11 is 0. The maximum Gasteiger partial charge on any atom is 0.325 e. The Hall–Kier alpha value is -2.36. The van der Waals surface area contributed by atoms with Gasteiger partial charge in [0.2, 0.25) is 0 Å². The third-order valence-corrected chi connectivity index (χ3v) is 4.24. The van der Waals surface area contributed by atoms with Crippen LogP contribution in [0.2, 0.25) is 0 Å². The van der Waals surface area contributed by atoms with Gasteiger partial charge in [-0.2, -0.15) is 0 Å². The molecule has 0 aliphatic carbocycles. The molecule has 24 heavy (non-hydrogen) atoms. The molecule has 0 aromatic heterocycles. The number of hydrogen-bond donors (Lipinski definition) is 1. The van der Waals surface area contributed by atoms with Crippen molar-refractivity contribution in [2.24, 2.45) is 4.99 Å². The molecule has 3 rings (SSSR count). The monoisotopic (exact) mass is 339 g/mol. The summed E-state index contributed by atoms with van der Waals surface area (Å²) in [5, 5.41) is 2.30. The summed E-state index contributed by atoms with van der Waals surface area (Å²) < 4.78 is 10.4. The summed E-state index contributed by atoms with van der Waals surface area (Å²) in [6, 6.07) is -1.24. The predicted octanol–water partition coefficient (Wildman–Crippen LogP) is -1.57. The molecule has 2 unspecified atom stereocenters. The molecule has 3 aliphatic rings. The Morgan fingerprint density at radius 3 is 2.75 bits per heavy atom. The fourth-order valence-electron chi connectivity index (χ4n) is 3.05. The molecule has 0 aromatic carbocycles. The number of carbonyl (C=O) groups excluding carboxylic acids is 3. The van der Waals surface area contributed by atoms with Crippen molar-refractivity contribution in [3.8, 4) is 0 Å². The molecule has 10 nitrogen and oxygen atoms in total. The van der Waals surface area contributed by atoms with Crippen LogP contribution in [0.25, 0.3) is 0 Å². The summed E-state index contributed by atoms with van der Waals surface area (Å²) in [6.07, 6.45) is -0.654. The van der Waals surface area contributed by atoms with Crippen molar-refractivity contribution in [3.63, 3.8) is 0 Å². The van der Waals surface area contributed by atoms with Gasteiger partial charge in [0.1, 0.15) is 6.54 Å². The Morgan fingerprint density at radius 1 is 1.38 bits per heavy atom. The molecule has 0 saturated carbocycles. The lowest BCUT2D eigenvalue weighted by Gasteiger charge is -2.37. The number of carbonyl (C=O) groups is 3. The largest absolute Gasteiger partial charge is 0.465 e. The highest BCUT2D eigenvalue weighted by molar-refractivity contribution is 6.04. The Balaban J connectivity index is 1.88. The second-order valence-corrected chi connectivity index (χ2v) is 5.73. The highest BCUT2D eigenvalue weighted by Gasteiger charge is 2.50. The first-order valence-electron chi connectivity index (χ1n) is 7.93. The van der Waals surface area contributed by atoms with Crippen LogP contribution in [0.1, 0.15) is 6.92 Å². The minimum atomic E-state index is -0.741. The molecule has 0 bridgehead atoms. The Morgan fingerprint density at radius 2 is 2.08 bits per heavy atom. The molecule has 2 saturated heterocycles. The number of likely N-dealkylation sites (N-methyl/N-ethyl adjacent to an activating group) is 1. The molecule has 10 heteroatoms. The highest BCUT2D eigenvalue weighted by Crippen LogP contribution is 2.25. The van der Waals surface area contributed by atoms with Crippen molar-refractivity contribution >= 4 is 23.9 Å².